The van der Waals surface area contributed by atoms with Crippen LogP contribution in [0.1, 0.15) is 27.3 Å². The number of hydrogen-bond acceptors (Lipinski definition) is 5. The Kier molecular flexibility index (Phi) is 5.42. The largest absolute Gasteiger partial charge is 0.411 e. The molecule has 0 unspecified atom stereocenters. The minimum absolute atomic E-state index is 0.0500. The number of thioether (sulfide) groups is 1. The van der Waals surface area contributed by atoms with Gasteiger partial charge in [0.05, 0.1) is 5.75 Å². The Hall–Kier alpha value is -2.60. The van der Waals surface area contributed by atoms with Gasteiger partial charge in [-0.25, -0.2) is 0 Å². The van der Waals surface area contributed by atoms with Crippen LogP contribution in [-0.2, 0) is 6.54 Å². The van der Waals surface area contributed by atoms with Crippen molar-refractivity contribution in [2.75, 3.05) is 5.75 Å². The third-order valence-corrected chi connectivity index (χ3v) is 5.11. The van der Waals surface area contributed by atoms with Gasteiger partial charge in [0.15, 0.2) is 5.78 Å². The van der Waals surface area contributed by atoms with Crippen LogP contribution in [0.2, 0.25) is 0 Å². The van der Waals surface area contributed by atoms with Gasteiger partial charge in [0.25, 0.3) is 5.22 Å². The predicted molar refractivity (Wildman–Crippen MR) is 104 cm³/mol. The van der Waals surface area contributed by atoms with Gasteiger partial charge < -0.3 is 8.98 Å². The molecule has 3 aromatic rings. The number of carbonyl (C=O) groups is 1. The van der Waals surface area contributed by atoms with Gasteiger partial charge in [0, 0.05) is 29.1 Å². The van der Waals surface area contributed by atoms with E-state index in [0.29, 0.717) is 17.7 Å². The summed E-state index contributed by atoms with van der Waals surface area (Å²) in [6, 6.07) is 9.76. The van der Waals surface area contributed by atoms with Crippen molar-refractivity contribution in [3.8, 4) is 11.5 Å². The first kappa shape index (κ1) is 18.2. The number of allylic oxidation sites excluding steroid dienone is 1. The summed E-state index contributed by atoms with van der Waals surface area (Å²) in [5.74, 6) is 0.782. The van der Waals surface area contributed by atoms with Gasteiger partial charge in [0.2, 0.25) is 5.89 Å². The Balaban J connectivity index is 1.70. The fourth-order valence-corrected chi connectivity index (χ4v) is 3.53. The molecular weight excluding hydrogens is 346 g/mol. The van der Waals surface area contributed by atoms with E-state index in [1.807, 2.05) is 57.2 Å². The number of carbonyl (C=O) groups excluding carboxylic acids is 1. The van der Waals surface area contributed by atoms with E-state index in [1.165, 1.54) is 11.8 Å². The molecule has 0 saturated carbocycles. The van der Waals surface area contributed by atoms with Crippen LogP contribution < -0.4 is 0 Å². The van der Waals surface area contributed by atoms with E-state index < -0.39 is 0 Å². The van der Waals surface area contributed by atoms with E-state index in [9.17, 15) is 4.79 Å². The lowest BCUT2D eigenvalue weighted by molar-refractivity contribution is 0.102. The Morgan fingerprint density at radius 2 is 2.04 bits per heavy atom. The molecule has 0 spiro atoms. The van der Waals surface area contributed by atoms with Crippen LogP contribution >= 0.6 is 11.8 Å². The first-order valence-electron chi connectivity index (χ1n) is 8.34. The molecule has 0 bridgehead atoms. The third-order valence-electron chi connectivity index (χ3n) is 4.29. The van der Waals surface area contributed by atoms with Crippen LogP contribution in [0, 0.1) is 20.8 Å². The van der Waals surface area contributed by atoms with E-state index in [4.69, 9.17) is 4.42 Å². The van der Waals surface area contributed by atoms with Crippen LogP contribution in [0.25, 0.3) is 11.5 Å². The first-order valence-corrected chi connectivity index (χ1v) is 9.33. The molecule has 134 valence electrons. The zero-order valence-electron chi connectivity index (χ0n) is 15.2. The van der Waals surface area contributed by atoms with Gasteiger partial charge in [-0.3, -0.25) is 4.79 Å². The molecule has 2 aromatic heterocycles. The molecule has 0 radical (unpaired) electrons. The van der Waals surface area contributed by atoms with E-state index in [-0.39, 0.29) is 11.5 Å². The van der Waals surface area contributed by atoms with Crippen LogP contribution in [0.15, 0.2) is 52.6 Å². The SMILES string of the molecule is C=CCn1c(C)cc(C(=O)CSc2nnc(-c3ccccc3C)o2)c1C. The highest BCUT2D eigenvalue weighted by Gasteiger charge is 2.17. The molecule has 0 saturated heterocycles. The second-order valence-electron chi connectivity index (χ2n) is 6.08. The average Bonchev–Trinajstić information content (AvgIpc) is 3.20. The zero-order chi connectivity index (χ0) is 18.7. The van der Waals surface area contributed by atoms with Gasteiger partial charge in [0.1, 0.15) is 0 Å². The minimum Gasteiger partial charge on any atom is -0.411 e. The molecule has 26 heavy (non-hydrogen) atoms. The Bertz CT molecular complexity index is 956. The molecule has 0 N–H and O–H groups in total. The molecule has 0 aliphatic rings. The predicted octanol–water partition coefficient (Wildman–Crippen LogP) is 4.62. The number of nitrogens with zero attached hydrogens (tertiary/aromatic N) is 3. The summed E-state index contributed by atoms with van der Waals surface area (Å²) >= 11 is 1.26. The van der Waals surface area contributed by atoms with Crippen LogP contribution in [0.4, 0.5) is 0 Å². The summed E-state index contributed by atoms with van der Waals surface area (Å²) in [6.07, 6.45) is 1.83. The van der Waals surface area contributed by atoms with E-state index in [0.717, 1.165) is 28.1 Å². The lowest BCUT2D eigenvalue weighted by atomic mass is 10.1. The van der Waals surface area contributed by atoms with Gasteiger partial charge in [-0.05, 0) is 38.5 Å². The summed E-state index contributed by atoms with van der Waals surface area (Å²) < 4.78 is 7.78. The van der Waals surface area contributed by atoms with Crippen molar-refractivity contribution in [3.05, 3.63) is 65.5 Å². The maximum Gasteiger partial charge on any atom is 0.277 e. The highest BCUT2D eigenvalue weighted by Crippen LogP contribution is 2.26. The highest BCUT2D eigenvalue weighted by atomic mass is 32.2. The maximum absolute atomic E-state index is 12.6. The Morgan fingerprint density at radius 1 is 1.27 bits per heavy atom. The molecule has 0 atom stereocenters. The Morgan fingerprint density at radius 3 is 2.77 bits per heavy atom. The highest BCUT2D eigenvalue weighted by molar-refractivity contribution is 7.99. The lowest BCUT2D eigenvalue weighted by Gasteiger charge is -2.05. The number of hydrogen-bond donors (Lipinski definition) is 0. The molecule has 2 heterocycles. The monoisotopic (exact) mass is 367 g/mol. The number of ketones is 1. The van der Waals surface area contributed by atoms with E-state index in [2.05, 4.69) is 21.3 Å². The summed E-state index contributed by atoms with van der Waals surface area (Å²) in [5.41, 5.74) is 4.72. The van der Waals surface area contributed by atoms with Crippen molar-refractivity contribution in [1.82, 2.24) is 14.8 Å². The molecule has 0 aliphatic carbocycles. The quantitative estimate of drug-likeness (QED) is 0.346. The van der Waals surface area contributed by atoms with Gasteiger partial charge in [-0.2, -0.15) is 0 Å². The third kappa shape index (κ3) is 3.65. The molecular formula is C20H21N3O2S. The molecule has 6 heteroatoms. The van der Waals surface area contributed by atoms with Crippen molar-refractivity contribution in [2.24, 2.45) is 0 Å². The standard InChI is InChI=1S/C20H21N3O2S/c1-5-10-23-14(3)11-17(15(23)4)18(24)12-26-20-22-21-19(25-20)16-9-7-6-8-13(16)2/h5-9,11H,1,10,12H2,2-4H3. The summed E-state index contributed by atoms with van der Waals surface area (Å²) in [5, 5.41) is 8.54. The fraction of sp³-hybridized carbons (Fsp3) is 0.250. The normalized spacial score (nSPS) is 10.9. The maximum atomic E-state index is 12.6. The van der Waals surface area contributed by atoms with Crippen molar-refractivity contribution >= 4 is 17.5 Å². The molecule has 5 nitrogen and oxygen atoms in total. The lowest BCUT2D eigenvalue weighted by Crippen LogP contribution is -2.06. The van der Waals surface area contributed by atoms with Crippen LogP contribution in [0.5, 0.6) is 0 Å². The van der Waals surface area contributed by atoms with Crippen molar-refractivity contribution in [1.29, 1.82) is 0 Å². The summed E-state index contributed by atoms with van der Waals surface area (Å²) in [4.78, 5) is 12.6. The summed E-state index contributed by atoms with van der Waals surface area (Å²) in [6.45, 7) is 10.4. The van der Waals surface area contributed by atoms with Gasteiger partial charge in [-0.1, -0.05) is 36.0 Å². The van der Waals surface area contributed by atoms with Crippen molar-refractivity contribution < 1.29 is 9.21 Å². The second kappa shape index (κ2) is 7.74. The second-order valence-corrected chi connectivity index (χ2v) is 7.01. The smallest absolute Gasteiger partial charge is 0.277 e. The fourth-order valence-electron chi connectivity index (χ4n) is 2.89. The number of Topliss-reactive ketones (excluding diaryl/α,β-unsaturated/α-hetero) is 1. The first-order chi connectivity index (χ1) is 12.5. The van der Waals surface area contributed by atoms with Crippen LogP contribution in [0.3, 0.4) is 0 Å². The topological polar surface area (TPSA) is 60.9 Å². The minimum atomic E-state index is 0.0500. The Labute approximate surface area is 157 Å². The van der Waals surface area contributed by atoms with E-state index >= 15 is 0 Å². The van der Waals surface area contributed by atoms with Gasteiger partial charge >= 0.3 is 0 Å². The van der Waals surface area contributed by atoms with Crippen molar-refractivity contribution in [2.45, 2.75) is 32.5 Å². The average molecular weight is 367 g/mol. The van der Waals surface area contributed by atoms with Gasteiger partial charge in [-0.15, -0.1) is 16.8 Å². The number of aryl methyl sites for hydroxylation is 2. The zero-order valence-corrected chi connectivity index (χ0v) is 16.0. The van der Waals surface area contributed by atoms with E-state index in [1.54, 1.807) is 0 Å². The molecule has 0 aliphatic heterocycles. The number of benzene rings is 1. The summed E-state index contributed by atoms with van der Waals surface area (Å²) in [7, 11) is 0. The molecule has 0 amide bonds. The molecule has 1 aromatic carbocycles. The van der Waals surface area contributed by atoms with Crippen LogP contribution in [-0.4, -0.2) is 26.3 Å². The number of rotatable bonds is 7. The van der Waals surface area contributed by atoms with Crippen molar-refractivity contribution in [3.63, 3.8) is 0 Å². The molecule has 3 rings (SSSR count). The number of aromatic nitrogens is 3. The molecule has 0 fully saturated rings.